The van der Waals surface area contributed by atoms with Crippen molar-refractivity contribution >= 4 is 40.7 Å². The van der Waals surface area contributed by atoms with Crippen molar-refractivity contribution in [1.82, 2.24) is 24.4 Å². The molecule has 0 bridgehead atoms. The van der Waals surface area contributed by atoms with E-state index in [4.69, 9.17) is 10.7 Å². The van der Waals surface area contributed by atoms with Crippen LogP contribution in [0, 0.1) is 29.3 Å². The number of nitrogens with two attached hydrogens (primary N) is 1. The molecule has 1 aromatic carbocycles. The quantitative estimate of drug-likeness (QED) is 0.315. The van der Waals surface area contributed by atoms with E-state index in [2.05, 4.69) is 20.6 Å². The third kappa shape index (κ3) is 5.72. The summed E-state index contributed by atoms with van der Waals surface area (Å²) in [6.45, 7) is 4.38. The number of rotatable bonds is 7. The maximum absolute atomic E-state index is 14.6. The van der Waals surface area contributed by atoms with Gasteiger partial charge in [0.2, 0.25) is 17.8 Å². The van der Waals surface area contributed by atoms with Gasteiger partial charge in [0.25, 0.3) is 0 Å². The summed E-state index contributed by atoms with van der Waals surface area (Å²) in [5.74, 6) is -3.54. The van der Waals surface area contributed by atoms with E-state index in [0.29, 0.717) is 61.9 Å². The van der Waals surface area contributed by atoms with Crippen LogP contribution in [0.4, 0.5) is 35.5 Å². The first-order valence-electron chi connectivity index (χ1n) is 13.8. The minimum absolute atomic E-state index is 0.0369. The van der Waals surface area contributed by atoms with E-state index < -0.39 is 29.2 Å². The highest BCUT2D eigenvalue weighted by Gasteiger charge is 2.37. The number of hydrogen-bond donors (Lipinski definition) is 4. The molecule has 2 aromatic heterocycles. The zero-order valence-corrected chi connectivity index (χ0v) is 22.8. The molecule has 2 atom stereocenters. The average Bonchev–Trinajstić information content (AvgIpc) is 3.27. The molecule has 2 unspecified atom stereocenters. The normalized spacial score (nSPS) is 23.1. The fourth-order valence-corrected chi connectivity index (χ4v) is 6.18. The molecule has 1 aliphatic carbocycles. The number of likely N-dealkylation sites (tertiary alicyclic amines) is 1. The van der Waals surface area contributed by atoms with Gasteiger partial charge in [-0.15, -0.1) is 0 Å². The number of imidazole rings is 1. The molecule has 220 valence electrons. The zero-order valence-electron chi connectivity index (χ0n) is 22.8. The van der Waals surface area contributed by atoms with Crippen molar-refractivity contribution in [3.05, 3.63) is 35.8 Å². The van der Waals surface area contributed by atoms with Crippen LogP contribution in [0.1, 0.15) is 58.4 Å². The van der Waals surface area contributed by atoms with Gasteiger partial charge in [-0.25, -0.2) is 27.9 Å². The van der Waals surface area contributed by atoms with Crippen LogP contribution in [-0.2, 0) is 4.79 Å². The number of piperidine rings is 1. The number of aromatic nitrogens is 4. The molecule has 5 N–H and O–H groups in total. The molecular weight excluding hydrogens is 541 g/mol. The Hall–Kier alpha value is -4.10. The number of anilines is 3. The molecule has 0 radical (unpaired) electrons. The summed E-state index contributed by atoms with van der Waals surface area (Å²) in [6.07, 6.45) is 4.05. The molecule has 2 fully saturated rings. The van der Waals surface area contributed by atoms with Gasteiger partial charge in [-0.1, -0.05) is 13.8 Å². The SMILES string of the molecule is CC(C)C1C(Nc2ncc3nc(Nc4c(F)cc(F)cc4F)n(C4CCC(C(N)=O)CC4)c3n2)CCCN1C(=O)O. The molecular formula is C27H33F3N8O3. The highest BCUT2D eigenvalue weighted by atomic mass is 19.1. The molecule has 2 amide bonds. The van der Waals surface area contributed by atoms with E-state index in [9.17, 15) is 27.9 Å². The highest BCUT2D eigenvalue weighted by Crippen LogP contribution is 2.38. The van der Waals surface area contributed by atoms with Crippen LogP contribution in [0.5, 0.6) is 0 Å². The zero-order chi connectivity index (χ0) is 29.4. The van der Waals surface area contributed by atoms with Gasteiger partial charge in [0.1, 0.15) is 17.0 Å². The van der Waals surface area contributed by atoms with Gasteiger partial charge in [0.15, 0.2) is 17.3 Å². The summed E-state index contributed by atoms with van der Waals surface area (Å²) >= 11 is 0. The number of nitrogens with one attached hydrogen (secondary N) is 2. The predicted octanol–water partition coefficient (Wildman–Crippen LogP) is 4.78. The molecule has 3 aromatic rings. The maximum Gasteiger partial charge on any atom is 0.407 e. The lowest BCUT2D eigenvalue weighted by atomic mass is 9.85. The number of carboxylic acid groups (broad SMARTS) is 1. The summed E-state index contributed by atoms with van der Waals surface area (Å²) in [6, 6.07) is 0.395. The van der Waals surface area contributed by atoms with Crippen molar-refractivity contribution in [3.63, 3.8) is 0 Å². The number of benzene rings is 1. The summed E-state index contributed by atoms with van der Waals surface area (Å²) in [7, 11) is 0. The second-order valence-electron chi connectivity index (χ2n) is 11.1. The first-order chi connectivity index (χ1) is 19.5. The Labute approximate surface area is 234 Å². The van der Waals surface area contributed by atoms with Crippen molar-refractivity contribution in [3.8, 4) is 0 Å². The largest absolute Gasteiger partial charge is 0.465 e. The maximum atomic E-state index is 14.6. The van der Waals surface area contributed by atoms with Crippen LogP contribution in [0.15, 0.2) is 18.3 Å². The Bertz CT molecular complexity index is 1430. The number of halogens is 3. The van der Waals surface area contributed by atoms with Crippen molar-refractivity contribution in [1.29, 1.82) is 0 Å². The van der Waals surface area contributed by atoms with Crippen LogP contribution >= 0.6 is 0 Å². The van der Waals surface area contributed by atoms with Gasteiger partial charge in [0, 0.05) is 36.7 Å². The molecule has 2 aliphatic rings. The van der Waals surface area contributed by atoms with Gasteiger partial charge < -0.3 is 26.4 Å². The molecule has 1 saturated heterocycles. The lowest BCUT2D eigenvalue weighted by Gasteiger charge is -2.42. The molecule has 41 heavy (non-hydrogen) atoms. The average molecular weight is 575 g/mol. The fourth-order valence-electron chi connectivity index (χ4n) is 6.18. The Balaban J connectivity index is 1.52. The standard InChI is InChI=1S/C27H33F3N8O3/c1-13(2)22-19(4-3-9-37(22)27(40)41)33-25-32-12-20-24(36-25)38(16-7-5-14(6-8-16)23(31)39)26(34-20)35-21-17(29)10-15(28)11-18(21)30/h10-14,16,19,22H,3-9H2,1-2H3,(H2,31,39)(H,34,35)(H,40,41)(H,32,33,36). The van der Waals surface area contributed by atoms with E-state index >= 15 is 0 Å². The summed E-state index contributed by atoms with van der Waals surface area (Å²) in [5, 5.41) is 15.7. The number of carbonyl (C=O) groups excluding carboxylic acids is 1. The van der Waals surface area contributed by atoms with Crippen LogP contribution in [0.3, 0.4) is 0 Å². The molecule has 14 heteroatoms. The van der Waals surface area contributed by atoms with E-state index in [1.54, 1.807) is 4.57 Å². The molecule has 11 nitrogen and oxygen atoms in total. The van der Waals surface area contributed by atoms with Crippen LogP contribution in [0.25, 0.3) is 11.2 Å². The molecule has 5 rings (SSSR count). The van der Waals surface area contributed by atoms with E-state index in [1.165, 1.54) is 11.1 Å². The Morgan fingerprint density at radius 2 is 1.76 bits per heavy atom. The second kappa shape index (κ2) is 11.4. The Morgan fingerprint density at radius 3 is 2.37 bits per heavy atom. The Morgan fingerprint density at radius 1 is 1.07 bits per heavy atom. The topological polar surface area (TPSA) is 151 Å². The van der Waals surface area contributed by atoms with Crippen molar-refractivity contribution < 1.29 is 27.9 Å². The summed E-state index contributed by atoms with van der Waals surface area (Å²) in [4.78, 5) is 38.7. The Kier molecular flexibility index (Phi) is 7.91. The summed E-state index contributed by atoms with van der Waals surface area (Å²) in [5.41, 5.74) is 5.70. The number of nitrogens with zero attached hydrogens (tertiary/aromatic N) is 5. The number of primary amides is 1. The number of fused-ring (bicyclic) bond motifs is 1. The first kappa shape index (κ1) is 28.4. The van der Waals surface area contributed by atoms with Crippen LogP contribution in [-0.4, -0.2) is 60.2 Å². The van der Waals surface area contributed by atoms with Gasteiger partial charge in [-0.05, 0) is 44.4 Å². The lowest BCUT2D eigenvalue weighted by molar-refractivity contribution is -0.122. The van der Waals surface area contributed by atoms with Crippen LogP contribution < -0.4 is 16.4 Å². The number of hydrogen-bond acceptors (Lipinski definition) is 7. The van der Waals surface area contributed by atoms with Crippen LogP contribution in [0.2, 0.25) is 0 Å². The monoisotopic (exact) mass is 574 g/mol. The van der Waals surface area contributed by atoms with Crippen molar-refractivity contribution in [2.75, 3.05) is 17.2 Å². The number of amides is 2. The third-order valence-electron chi connectivity index (χ3n) is 8.07. The smallest absolute Gasteiger partial charge is 0.407 e. The summed E-state index contributed by atoms with van der Waals surface area (Å²) < 4.78 is 44.4. The fraction of sp³-hybridized carbons (Fsp3) is 0.519. The molecule has 0 spiro atoms. The lowest BCUT2D eigenvalue weighted by Crippen LogP contribution is -2.55. The highest BCUT2D eigenvalue weighted by molar-refractivity contribution is 5.78. The van der Waals surface area contributed by atoms with E-state index in [-0.39, 0.29) is 47.8 Å². The molecule has 1 saturated carbocycles. The van der Waals surface area contributed by atoms with Gasteiger partial charge >= 0.3 is 6.09 Å². The molecule has 1 aliphatic heterocycles. The first-order valence-corrected chi connectivity index (χ1v) is 13.8. The van der Waals surface area contributed by atoms with Gasteiger partial charge in [0.05, 0.1) is 12.2 Å². The van der Waals surface area contributed by atoms with E-state index in [1.807, 2.05) is 13.8 Å². The molecule has 3 heterocycles. The minimum atomic E-state index is -1.12. The second-order valence-corrected chi connectivity index (χ2v) is 11.1. The predicted molar refractivity (Wildman–Crippen MR) is 145 cm³/mol. The van der Waals surface area contributed by atoms with Crippen molar-refractivity contribution in [2.24, 2.45) is 17.6 Å². The number of carbonyl (C=O) groups is 2. The van der Waals surface area contributed by atoms with Gasteiger partial charge in [-0.3, -0.25) is 9.36 Å². The van der Waals surface area contributed by atoms with Crippen molar-refractivity contribution in [2.45, 2.75) is 70.5 Å². The minimum Gasteiger partial charge on any atom is -0.465 e. The third-order valence-corrected chi connectivity index (χ3v) is 8.07. The van der Waals surface area contributed by atoms with Gasteiger partial charge in [-0.2, -0.15) is 4.98 Å². The van der Waals surface area contributed by atoms with E-state index in [0.717, 1.165) is 6.42 Å².